The first-order valence-electron chi connectivity index (χ1n) is 6.80. The highest BCUT2D eigenvalue weighted by atomic mass is 16.4. The smallest absolute Gasteiger partial charge is 0.317 e. The molecule has 1 aromatic carbocycles. The second kappa shape index (κ2) is 6.20. The number of benzene rings is 1. The predicted molar refractivity (Wildman–Crippen MR) is 78.3 cm³/mol. The van der Waals surface area contributed by atoms with Crippen LogP contribution in [0.1, 0.15) is 51.3 Å². The molecule has 0 spiro atoms. The van der Waals surface area contributed by atoms with Gasteiger partial charge in [0.1, 0.15) is 0 Å². The fraction of sp³-hybridized carbons (Fsp3) is 0.562. The molecular formula is C16H25NO2. The first kappa shape index (κ1) is 15.7. The van der Waals surface area contributed by atoms with Gasteiger partial charge in [-0.15, -0.1) is 0 Å². The van der Waals surface area contributed by atoms with Crippen LogP contribution in [-0.2, 0) is 4.79 Å². The summed E-state index contributed by atoms with van der Waals surface area (Å²) in [6, 6.07) is 8.50. The number of carboxylic acid groups (broad SMARTS) is 1. The number of aryl methyl sites for hydroxylation is 1. The van der Waals surface area contributed by atoms with E-state index in [0.717, 1.165) is 6.42 Å². The molecule has 3 nitrogen and oxygen atoms in total. The summed E-state index contributed by atoms with van der Waals surface area (Å²) in [6.45, 7) is 10.4. The van der Waals surface area contributed by atoms with Crippen molar-refractivity contribution in [1.29, 1.82) is 0 Å². The molecule has 19 heavy (non-hydrogen) atoms. The molecule has 0 fully saturated rings. The molecule has 0 saturated heterocycles. The van der Waals surface area contributed by atoms with Crippen LogP contribution >= 0.6 is 0 Å². The number of hydrogen-bond acceptors (Lipinski definition) is 2. The largest absolute Gasteiger partial charge is 0.480 e. The normalized spacial score (nSPS) is 13.6. The van der Waals surface area contributed by atoms with Crippen molar-refractivity contribution in [3.63, 3.8) is 0 Å². The lowest BCUT2D eigenvalue weighted by Crippen LogP contribution is -2.46. The number of rotatable bonds is 5. The van der Waals surface area contributed by atoms with Crippen molar-refractivity contribution in [2.45, 2.75) is 52.6 Å². The van der Waals surface area contributed by atoms with Crippen molar-refractivity contribution >= 4 is 5.97 Å². The highest BCUT2D eigenvalue weighted by Crippen LogP contribution is 2.30. The Kier molecular flexibility index (Phi) is 5.12. The third-order valence-corrected chi connectivity index (χ3v) is 3.39. The van der Waals surface area contributed by atoms with Crippen LogP contribution in [0.3, 0.4) is 0 Å². The minimum Gasteiger partial charge on any atom is -0.480 e. The summed E-state index contributed by atoms with van der Waals surface area (Å²) in [7, 11) is 0. The number of nitrogens with zero attached hydrogens (tertiary/aromatic N) is 1. The molecule has 0 aliphatic heterocycles. The summed E-state index contributed by atoms with van der Waals surface area (Å²) in [5, 5.41) is 9.14. The first-order chi connectivity index (χ1) is 8.75. The average molecular weight is 263 g/mol. The van der Waals surface area contributed by atoms with Crippen LogP contribution < -0.4 is 0 Å². The summed E-state index contributed by atoms with van der Waals surface area (Å²) in [5.41, 5.74) is 2.23. The molecule has 0 aromatic heterocycles. The third kappa shape index (κ3) is 4.35. The van der Waals surface area contributed by atoms with E-state index in [-0.39, 0.29) is 18.1 Å². The van der Waals surface area contributed by atoms with E-state index in [0.29, 0.717) is 0 Å². The van der Waals surface area contributed by atoms with Crippen LogP contribution in [0.15, 0.2) is 24.3 Å². The van der Waals surface area contributed by atoms with Gasteiger partial charge in [0.15, 0.2) is 0 Å². The lowest BCUT2D eigenvalue weighted by atomic mass is 9.95. The van der Waals surface area contributed by atoms with Crippen LogP contribution in [0, 0.1) is 6.92 Å². The quantitative estimate of drug-likeness (QED) is 0.882. The Morgan fingerprint density at radius 1 is 1.26 bits per heavy atom. The summed E-state index contributed by atoms with van der Waals surface area (Å²) in [5.74, 6) is -0.777. The fourth-order valence-corrected chi connectivity index (χ4v) is 2.39. The molecule has 1 aromatic rings. The van der Waals surface area contributed by atoms with Crippen molar-refractivity contribution in [3.05, 3.63) is 35.4 Å². The zero-order valence-electron chi connectivity index (χ0n) is 12.6. The first-order valence-corrected chi connectivity index (χ1v) is 6.80. The summed E-state index contributed by atoms with van der Waals surface area (Å²) in [4.78, 5) is 13.2. The summed E-state index contributed by atoms with van der Waals surface area (Å²) < 4.78 is 0. The standard InChI is InChI=1S/C16H25NO2/c1-6-14(13-9-7-12(2)8-10-13)17(11-15(18)19)16(3,4)5/h7-10,14H,6,11H2,1-5H3,(H,18,19). The molecule has 106 valence electrons. The number of carboxylic acids is 1. The SMILES string of the molecule is CCC(c1ccc(C)cc1)N(CC(=O)O)C(C)(C)C. The molecule has 0 bridgehead atoms. The monoisotopic (exact) mass is 263 g/mol. The number of carbonyl (C=O) groups is 1. The van der Waals surface area contributed by atoms with Gasteiger partial charge in [0.2, 0.25) is 0 Å². The maximum atomic E-state index is 11.1. The zero-order chi connectivity index (χ0) is 14.6. The minimum absolute atomic E-state index is 0.0654. The average Bonchev–Trinajstić information content (AvgIpc) is 2.29. The van der Waals surface area contributed by atoms with Gasteiger partial charge in [0.25, 0.3) is 0 Å². The van der Waals surface area contributed by atoms with Gasteiger partial charge >= 0.3 is 5.97 Å². The summed E-state index contributed by atoms with van der Waals surface area (Å²) in [6.07, 6.45) is 0.896. The van der Waals surface area contributed by atoms with Crippen molar-refractivity contribution in [2.24, 2.45) is 0 Å². The molecule has 0 heterocycles. The van der Waals surface area contributed by atoms with Gasteiger partial charge in [-0.2, -0.15) is 0 Å². The Labute approximate surface area is 116 Å². The molecule has 0 aliphatic rings. The van der Waals surface area contributed by atoms with Crippen molar-refractivity contribution < 1.29 is 9.90 Å². The van der Waals surface area contributed by atoms with Crippen LogP contribution in [-0.4, -0.2) is 28.1 Å². The van der Waals surface area contributed by atoms with Crippen molar-refractivity contribution in [3.8, 4) is 0 Å². The molecule has 1 rings (SSSR count). The summed E-state index contributed by atoms with van der Waals surface area (Å²) >= 11 is 0. The van der Waals surface area contributed by atoms with Crippen LogP contribution in [0.4, 0.5) is 0 Å². The van der Waals surface area contributed by atoms with E-state index >= 15 is 0 Å². The van der Waals surface area contributed by atoms with E-state index in [4.69, 9.17) is 5.11 Å². The van der Waals surface area contributed by atoms with E-state index in [9.17, 15) is 4.79 Å². The maximum Gasteiger partial charge on any atom is 0.317 e. The second-order valence-electron chi connectivity index (χ2n) is 6.03. The Morgan fingerprint density at radius 2 is 1.79 bits per heavy atom. The molecule has 0 saturated carbocycles. The van der Waals surface area contributed by atoms with E-state index in [1.807, 2.05) is 0 Å². The van der Waals surface area contributed by atoms with Crippen molar-refractivity contribution in [2.75, 3.05) is 6.54 Å². The van der Waals surface area contributed by atoms with Gasteiger partial charge in [0.05, 0.1) is 6.54 Å². The van der Waals surface area contributed by atoms with Gasteiger partial charge in [-0.3, -0.25) is 9.69 Å². The number of hydrogen-bond donors (Lipinski definition) is 1. The van der Waals surface area contributed by atoms with Gasteiger partial charge in [-0.25, -0.2) is 0 Å². The third-order valence-electron chi connectivity index (χ3n) is 3.39. The molecule has 3 heteroatoms. The predicted octanol–water partition coefficient (Wildman–Crippen LogP) is 3.63. The van der Waals surface area contributed by atoms with Gasteiger partial charge in [0, 0.05) is 11.6 Å². The lowest BCUT2D eigenvalue weighted by molar-refractivity contribution is -0.140. The molecule has 1 N–H and O–H groups in total. The highest BCUT2D eigenvalue weighted by molar-refractivity contribution is 5.69. The van der Waals surface area contributed by atoms with Crippen LogP contribution in [0.25, 0.3) is 0 Å². The Bertz CT molecular complexity index is 417. The topological polar surface area (TPSA) is 40.5 Å². The molecule has 0 radical (unpaired) electrons. The second-order valence-corrected chi connectivity index (χ2v) is 6.03. The fourth-order valence-electron chi connectivity index (χ4n) is 2.39. The van der Waals surface area contributed by atoms with Gasteiger partial charge in [-0.05, 0) is 39.7 Å². The molecule has 0 amide bonds. The molecular weight excluding hydrogens is 238 g/mol. The van der Waals surface area contributed by atoms with E-state index in [1.165, 1.54) is 11.1 Å². The highest BCUT2D eigenvalue weighted by Gasteiger charge is 2.30. The molecule has 1 atom stereocenters. The van der Waals surface area contributed by atoms with Gasteiger partial charge in [-0.1, -0.05) is 36.8 Å². The Balaban J connectivity index is 3.09. The number of aliphatic carboxylic acids is 1. The Morgan fingerprint density at radius 3 is 2.16 bits per heavy atom. The zero-order valence-corrected chi connectivity index (χ0v) is 12.6. The van der Waals surface area contributed by atoms with E-state index < -0.39 is 5.97 Å². The van der Waals surface area contributed by atoms with E-state index in [2.05, 4.69) is 63.8 Å². The van der Waals surface area contributed by atoms with Crippen molar-refractivity contribution in [1.82, 2.24) is 4.90 Å². The van der Waals surface area contributed by atoms with Crippen LogP contribution in [0.5, 0.6) is 0 Å². The lowest BCUT2D eigenvalue weighted by Gasteiger charge is -2.40. The Hall–Kier alpha value is -1.35. The van der Waals surface area contributed by atoms with Gasteiger partial charge < -0.3 is 5.11 Å². The maximum absolute atomic E-state index is 11.1. The molecule has 0 aliphatic carbocycles. The molecule has 1 unspecified atom stereocenters. The van der Waals surface area contributed by atoms with E-state index in [1.54, 1.807) is 0 Å². The minimum atomic E-state index is -0.777. The van der Waals surface area contributed by atoms with Crippen LogP contribution in [0.2, 0.25) is 0 Å².